The Labute approximate surface area is 110 Å². The molecular weight excluding hydrogens is 229 g/mol. The molecule has 1 N–H and O–H groups in total. The maximum absolute atomic E-state index is 13.5. The molecule has 0 aliphatic rings. The largest absolute Gasteiger partial charge is 0.377 e. The summed E-state index contributed by atoms with van der Waals surface area (Å²) in [7, 11) is 1.90. The van der Waals surface area contributed by atoms with Crippen LogP contribution in [0.1, 0.15) is 43.9 Å². The first kappa shape index (κ1) is 15.1. The van der Waals surface area contributed by atoms with Crippen LogP contribution in [0.25, 0.3) is 0 Å². The van der Waals surface area contributed by atoms with Crippen molar-refractivity contribution in [2.75, 3.05) is 13.7 Å². The molecule has 0 bridgehead atoms. The molecule has 2 unspecified atom stereocenters. The summed E-state index contributed by atoms with van der Waals surface area (Å²) in [6.07, 6.45) is 2.11. The highest BCUT2D eigenvalue weighted by molar-refractivity contribution is 5.27. The predicted octanol–water partition coefficient (Wildman–Crippen LogP) is 3.60. The van der Waals surface area contributed by atoms with Gasteiger partial charge in [0.05, 0.1) is 12.1 Å². The minimum absolute atomic E-state index is 0.0410. The van der Waals surface area contributed by atoms with E-state index in [1.165, 1.54) is 0 Å². The Morgan fingerprint density at radius 1 is 1.28 bits per heavy atom. The fraction of sp³-hybridized carbons (Fsp3) is 0.600. The van der Waals surface area contributed by atoms with Gasteiger partial charge in [-0.05, 0) is 50.6 Å². The van der Waals surface area contributed by atoms with Crippen molar-refractivity contribution in [3.05, 3.63) is 35.1 Å². The number of halogens is 1. The van der Waals surface area contributed by atoms with Gasteiger partial charge in [0, 0.05) is 6.61 Å². The zero-order valence-electron chi connectivity index (χ0n) is 11.8. The number of nitrogens with one attached hydrogen (secondary N) is 1. The quantitative estimate of drug-likeness (QED) is 0.801. The van der Waals surface area contributed by atoms with Gasteiger partial charge >= 0.3 is 0 Å². The van der Waals surface area contributed by atoms with Crippen LogP contribution in [0.4, 0.5) is 4.39 Å². The standard InChI is InChI=1S/C15H24FNO/c1-5-7-14(18-6-2)15(17-4)12-8-11(3)9-13(16)10-12/h8-10,14-15,17H,5-7H2,1-4H3. The maximum atomic E-state index is 13.5. The zero-order valence-corrected chi connectivity index (χ0v) is 11.8. The molecule has 0 aliphatic carbocycles. The normalized spacial score (nSPS) is 14.5. The smallest absolute Gasteiger partial charge is 0.123 e. The molecule has 1 rings (SSSR count). The number of hydrogen-bond donors (Lipinski definition) is 1. The van der Waals surface area contributed by atoms with Gasteiger partial charge in [-0.1, -0.05) is 19.4 Å². The number of benzene rings is 1. The molecule has 3 heteroatoms. The van der Waals surface area contributed by atoms with Gasteiger partial charge in [0.2, 0.25) is 0 Å². The molecule has 0 aliphatic heterocycles. The molecule has 0 radical (unpaired) electrons. The lowest BCUT2D eigenvalue weighted by Gasteiger charge is -2.27. The van der Waals surface area contributed by atoms with Crippen LogP contribution in [0.3, 0.4) is 0 Å². The van der Waals surface area contributed by atoms with Crippen molar-refractivity contribution < 1.29 is 9.13 Å². The summed E-state index contributed by atoms with van der Waals surface area (Å²) < 4.78 is 19.3. The van der Waals surface area contributed by atoms with Gasteiger partial charge < -0.3 is 10.1 Å². The minimum atomic E-state index is -0.183. The third-order valence-corrected chi connectivity index (χ3v) is 3.06. The summed E-state index contributed by atoms with van der Waals surface area (Å²) in [6, 6.07) is 5.20. The van der Waals surface area contributed by atoms with Gasteiger partial charge in [-0.15, -0.1) is 0 Å². The van der Waals surface area contributed by atoms with Crippen molar-refractivity contribution in [2.24, 2.45) is 0 Å². The fourth-order valence-electron chi connectivity index (χ4n) is 2.36. The van der Waals surface area contributed by atoms with Crippen molar-refractivity contribution in [1.29, 1.82) is 0 Å². The first-order chi connectivity index (χ1) is 8.62. The monoisotopic (exact) mass is 253 g/mol. The van der Waals surface area contributed by atoms with E-state index in [1.807, 2.05) is 27.0 Å². The summed E-state index contributed by atoms with van der Waals surface area (Å²) in [4.78, 5) is 0. The third kappa shape index (κ3) is 4.07. The van der Waals surface area contributed by atoms with E-state index in [2.05, 4.69) is 12.2 Å². The van der Waals surface area contributed by atoms with Gasteiger partial charge in [-0.25, -0.2) is 4.39 Å². The molecule has 18 heavy (non-hydrogen) atoms. The highest BCUT2D eigenvalue weighted by atomic mass is 19.1. The van der Waals surface area contributed by atoms with Gasteiger partial charge in [-0.3, -0.25) is 0 Å². The molecule has 0 heterocycles. The van der Waals surface area contributed by atoms with Crippen LogP contribution in [-0.4, -0.2) is 19.8 Å². The van der Waals surface area contributed by atoms with E-state index >= 15 is 0 Å². The second kappa shape index (κ2) is 7.49. The number of aryl methyl sites for hydroxylation is 1. The van der Waals surface area contributed by atoms with Crippen molar-refractivity contribution >= 4 is 0 Å². The summed E-state index contributed by atoms with van der Waals surface area (Å²) in [6.45, 7) is 6.72. The van der Waals surface area contributed by atoms with Crippen LogP contribution < -0.4 is 5.32 Å². The summed E-state index contributed by atoms with van der Waals surface area (Å²) in [5.41, 5.74) is 1.90. The zero-order chi connectivity index (χ0) is 13.5. The molecule has 102 valence electrons. The summed E-state index contributed by atoms with van der Waals surface area (Å²) in [5, 5.41) is 3.25. The lowest BCUT2D eigenvalue weighted by molar-refractivity contribution is 0.0295. The van der Waals surface area contributed by atoms with Gasteiger partial charge in [0.1, 0.15) is 5.82 Å². The Hall–Kier alpha value is -0.930. The van der Waals surface area contributed by atoms with Crippen molar-refractivity contribution in [2.45, 2.75) is 45.8 Å². The van der Waals surface area contributed by atoms with Gasteiger partial charge in [0.25, 0.3) is 0 Å². The number of likely N-dealkylation sites (N-methyl/N-ethyl adjacent to an activating group) is 1. The van der Waals surface area contributed by atoms with E-state index in [0.717, 1.165) is 24.0 Å². The van der Waals surface area contributed by atoms with Gasteiger partial charge in [0.15, 0.2) is 0 Å². The first-order valence-electron chi connectivity index (χ1n) is 6.68. The molecule has 2 atom stereocenters. The predicted molar refractivity (Wildman–Crippen MR) is 73.3 cm³/mol. The molecule has 0 saturated heterocycles. The molecule has 0 saturated carbocycles. The molecular formula is C15H24FNO. The van der Waals surface area contributed by atoms with Crippen molar-refractivity contribution in [1.82, 2.24) is 5.32 Å². The van der Waals surface area contributed by atoms with Crippen LogP contribution in [0.5, 0.6) is 0 Å². The van der Waals surface area contributed by atoms with E-state index in [-0.39, 0.29) is 18.0 Å². The van der Waals surface area contributed by atoms with Crippen LogP contribution >= 0.6 is 0 Å². The highest BCUT2D eigenvalue weighted by Gasteiger charge is 2.22. The summed E-state index contributed by atoms with van der Waals surface area (Å²) >= 11 is 0. The molecule has 0 fully saturated rings. The van der Waals surface area contributed by atoms with Crippen LogP contribution in [0, 0.1) is 12.7 Å². The van der Waals surface area contributed by atoms with Crippen LogP contribution in [-0.2, 0) is 4.74 Å². The van der Waals surface area contributed by atoms with E-state index in [4.69, 9.17) is 4.74 Å². The number of hydrogen-bond acceptors (Lipinski definition) is 2. The Bertz CT molecular complexity index is 341. The summed E-state index contributed by atoms with van der Waals surface area (Å²) in [5.74, 6) is -0.183. The van der Waals surface area contributed by atoms with Gasteiger partial charge in [-0.2, -0.15) is 0 Å². The Kier molecular flexibility index (Phi) is 6.30. The molecule has 1 aromatic rings. The van der Waals surface area contributed by atoms with E-state index in [0.29, 0.717) is 6.61 Å². The Balaban J connectivity index is 2.97. The van der Waals surface area contributed by atoms with Crippen molar-refractivity contribution in [3.8, 4) is 0 Å². The van der Waals surface area contributed by atoms with E-state index in [1.54, 1.807) is 12.1 Å². The average Bonchev–Trinajstić information content (AvgIpc) is 2.29. The lowest BCUT2D eigenvalue weighted by Crippen LogP contribution is -2.32. The molecule has 1 aromatic carbocycles. The topological polar surface area (TPSA) is 21.3 Å². The second-order valence-electron chi connectivity index (χ2n) is 4.61. The number of rotatable bonds is 7. The first-order valence-corrected chi connectivity index (χ1v) is 6.68. The fourth-order valence-corrected chi connectivity index (χ4v) is 2.36. The van der Waals surface area contributed by atoms with E-state index in [9.17, 15) is 4.39 Å². The van der Waals surface area contributed by atoms with Crippen molar-refractivity contribution in [3.63, 3.8) is 0 Å². The molecule has 0 amide bonds. The van der Waals surface area contributed by atoms with E-state index < -0.39 is 0 Å². The molecule has 0 aromatic heterocycles. The Morgan fingerprint density at radius 3 is 2.50 bits per heavy atom. The molecule has 2 nitrogen and oxygen atoms in total. The third-order valence-electron chi connectivity index (χ3n) is 3.06. The average molecular weight is 253 g/mol. The maximum Gasteiger partial charge on any atom is 0.123 e. The van der Waals surface area contributed by atoms with Crippen LogP contribution in [0.15, 0.2) is 18.2 Å². The lowest BCUT2D eigenvalue weighted by atomic mass is 9.96. The Morgan fingerprint density at radius 2 is 2.00 bits per heavy atom. The number of ether oxygens (including phenoxy) is 1. The van der Waals surface area contributed by atoms with Crippen LogP contribution in [0.2, 0.25) is 0 Å². The second-order valence-corrected chi connectivity index (χ2v) is 4.61. The highest BCUT2D eigenvalue weighted by Crippen LogP contribution is 2.24. The SMILES string of the molecule is CCCC(OCC)C(NC)c1cc(C)cc(F)c1. The molecule has 0 spiro atoms. The minimum Gasteiger partial charge on any atom is -0.377 e.